The van der Waals surface area contributed by atoms with Gasteiger partial charge in [-0.05, 0) is 24.3 Å². The van der Waals surface area contributed by atoms with Gasteiger partial charge < -0.3 is 10.6 Å². The van der Waals surface area contributed by atoms with Crippen LogP contribution in [0.25, 0.3) is 0 Å². The van der Waals surface area contributed by atoms with Crippen molar-refractivity contribution in [2.45, 2.75) is 23.6 Å². The monoisotopic (exact) mass is 236 g/mol. The molecule has 5 heteroatoms. The second-order valence-electron chi connectivity index (χ2n) is 3.58. The summed E-state index contributed by atoms with van der Waals surface area (Å²) in [4.78, 5) is 22.6. The summed E-state index contributed by atoms with van der Waals surface area (Å²) in [6.07, 6.45) is 0.581. The van der Waals surface area contributed by atoms with Crippen LogP contribution in [0.15, 0.2) is 29.2 Å². The van der Waals surface area contributed by atoms with E-state index in [1.165, 1.54) is 6.92 Å². The molecule has 0 saturated carbocycles. The van der Waals surface area contributed by atoms with E-state index in [0.29, 0.717) is 6.42 Å². The van der Waals surface area contributed by atoms with Gasteiger partial charge in [-0.1, -0.05) is 0 Å². The Morgan fingerprint density at radius 1 is 1.44 bits per heavy atom. The lowest BCUT2D eigenvalue weighted by molar-refractivity contribution is -0.126. The molecule has 4 nitrogen and oxygen atoms in total. The zero-order valence-electron chi connectivity index (χ0n) is 8.82. The topological polar surface area (TPSA) is 58.2 Å². The first kappa shape index (κ1) is 11.0. The Kier molecular flexibility index (Phi) is 3.14. The molecule has 1 fully saturated rings. The lowest BCUT2D eigenvalue weighted by atomic mass is 10.3. The van der Waals surface area contributed by atoms with Gasteiger partial charge in [0.1, 0.15) is 0 Å². The zero-order valence-corrected chi connectivity index (χ0v) is 9.64. The van der Waals surface area contributed by atoms with Gasteiger partial charge >= 0.3 is 0 Å². The summed E-state index contributed by atoms with van der Waals surface area (Å²) in [7, 11) is 0. The van der Waals surface area contributed by atoms with E-state index in [-0.39, 0.29) is 17.2 Å². The van der Waals surface area contributed by atoms with Crippen molar-refractivity contribution in [3.05, 3.63) is 24.3 Å². The van der Waals surface area contributed by atoms with E-state index in [0.717, 1.165) is 10.6 Å². The molecule has 1 heterocycles. The van der Waals surface area contributed by atoms with Gasteiger partial charge in [0, 0.05) is 17.5 Å². The highest BCUT2D eigenvalue weighted by Gasteiger charge is 2.25. The standard InChI is InChI=1S/C11H12N2O2S/c1-7(14)12-8-2-4-9(5-3-8)16-11-6-10(15)13-11/h2-5,11H,6H2,1H3,(H,12,14)(H,13,15). The van der Waals surface area contributed by atoms with E-state index in [1.807, 2.05) is 24.3 Å². The predicted molar refractivity (Wildman–Crippen MR) is 63.2 cm³/mol. The highest BCUT2D eigenvalue weighted by Crippen LogP contribution is 2.28. The molecule has 1 aliphatic heterocycles. The van der Waals surface area contributed by atoms with Crippen molar-refractivity contribution in [1.29, 1.82) is 0 Å². The summed E-state index contributed by atoms with van der Waals surface area (Å²) in [5, 5.41) is 5.69. The van der Waals surface area contributed by atoms with Crippen molar-refractivity contribution in [3.63, 3.8) is 0 Å². The smallest absolute Gasteiger partial charge is 0.223 e. The van der Waals surface area contributed by atoms with E-state index in [1.54, 1.807) is 11.8 Å². The van der Waals surface area contributed by atoms with Crippen LogP contribution in [0.2, 0.25) is 0 Å². The summed E-state index contributed by atoms with van der Waals surface area (Å²) in [5.41, 5.74) is 0.787. The van der Waals surface area contributed by atoms with Crippen LogP contribution in [0.1, 0.15) is 13.3 Å². The molecule has 1 aliphatic rings. The second-order valence-corrected chi connectivity index (χ2v) is 4.86. The average Bonchev–Trinajstić information content (AvgIpc) is 2.18. The first-order valence-electron chi connectivity index (χ1n) is 4.97. The fourth-order valence-electron chi connectivity index (χ4n) is 1.38. The molecule has 84 valence electrons. The number of thioether (sulfide) groups is 1. The molecule has 1 aromatic rings. The normalized spacial score (nSPS) is 18.6. The number of rotatable bonds is 3. The number of β-lactam (4-membered cyclic amide) rings is 1. The number of carbonyl (C=O) groups excluding carboxylic acids is 2. The highest BCUT2D eigenvalue weighted by molar-refractivity contribution is 8.00. The summed E-state index contributed by atoms with van der Waals surface area (Å²) in [6, 6.07) is 7.56. The van der Waals surface area contributed by atoms with Crippen molar-refractivity contribution in [2.75, 3.05) is 5.32 Å². The molecule has 16 heavy (non-hydrogen) atoms. The Labute approximate surface area is 97.8 Å². The minimum atomic E-state index is -0.0772. The number of carbonyl (C=O) groups is 2. The fourth-order valence-corrected chi connectivity index (χ4v) is 2.43. The molecule has 0 aromatic heterocycles. The maximum absolute atomic E-state index is 10.8. The first-order valence-corrected chi connectivity index (χ1v) is 5.85. The quantitative estimate of drug-likeness (QED) is 0.783. The first-order chi connectivity index (χ1) is 7.63. The number of hydrogen-bond acceptors (Lipinski definition) is 3. The van der Waals surface area contributed by atoms with Crippen molar-refractivity contribution in [1.82, 2.24) is 5.32 Å². The van der Waals surface area contributed by atoms with Gasteiger partial charge in [-0.25, -0.2) is 0 Å². The Balaban J connectivity index is 1.91. The lowest BCUT2D eigenvalue weighted by Gasteiger charge is -2.26. The van der Waals surface area contributed by atoms with E-state index in [2.05, 4.69) is 10.6 Å². The average molecular weight is 236 g/mol. The molecule has 2 amide bonds. The zero-order chi connectivity index (χ0) is 11.5. The van der Waals surface area contributed by atoms with Gasteiger partial charge in [0.25, 0.3) is 0 Å². The molecule has 0 bridgehead atoms. The van der Waals surface area contributed by atoms with E-state index in [9.17, 15) is 9.59 Å². The van der Waals surface area contributed by atoms with Gasteiger partial charge in [-0.2, -0.15) is 0 Å². The molecule has 2 rings (SSSR count). The van der Waals surface area contributed by atoms with Gasteiger partial charge in [-0.15, -0.1) is 11.8 Å². The van der Waals surface area contributed by atoms with Crippen LogP contribution in [0, 0.1) is 0 Å². The van der Waals surface area contributed by atoms with Crippen LogP contribution in [0.3, 0.4) is 0 Å². The molecule has 1 aromatic carbocycles. The van der Waals surface area contributed by atoms with E-state index in [4.69, 9.17) is 0 Å². The minimum Gasteiger partial charge on any atom is -0.343 e. The maximum atomic E-state index is 10.8. The number of hydrogen-bond donors (Lipinski definition) is 2. The van der Waals surface area contributed by atoms with Crippen LogP contribution in [-0.2, 0) is 9.59 Å². The SMILES string of the molecule is CC(=O)Nc1ccc(SC2CC(=O)N2)cc1. The van der Waals surface area contributed by atoms with E-state index < -0.39 is 0 Å². The second kappa shape index (κ2) is 4.57. The largest absolute Gasteiger partial charge is 0.343 e. The number of amides is 2. The summed E-state index contributed by atoms with van der Waals surface area (Å²) in [6.45, 7) is 1.48. The summed E-state index contributed by atoms with van der Waals surface area (Å²) < 4.78 is 0. The Hall–Kier alpha value is -1.49. The molecular formula is C11H12N2O2S. The molecule has 1 unspecified atom stereocenters. The molecular weight excluding hydrogens is 224 g/mol. The van der Waals surface area contributed by atoms with Gasteiger partial charge in [0.05, 0.1) is 11.8 Å². The number of anilines is 1. The Morgan fingerprint density at radius 2 is 2.06 bits per heavy atom. The summed E-state index contributed by atoms with van der Waals surface area (Å²) in [5.74, 6) is 0.0269. The lowest BCUT2D eigenvalue weighted by Crippen LogP contribution is -2.46. The predicted octanol–water partition coefficient (Wildman–Crippen LogP) is 1.58. The molecule has 0 radical (unpaired) electrons. The van der Waals surface area contributed by atoms with Crippen molar-refractivity contribution >= 4 is 29.3 Å². The van der Waals surface area contributed by atoms with Crippen molar-refractivity contribution in [3.8, 4) is 0 Å². The maximum Gasteiger partial charge on any atom is 0.223 e. The molecule has 1 atom stereocenters. The highest BCUT2D eigenvalue weighted by atomic mass is 32.2. The third-order valence-corrected chi connectivity index (χ3v) is 3.26. The van der Waals surface area contributed by atoms with Crippen LogP contribution in [0.5, 0.6) is 0 Å². The van der Waals surface area contributed by atoms with Crippen molar-refractivity contribution < 1.29 is 9.59 Å². The molecule has 2 N–H and O–H groups in total. The number of benzene rings is 1. The molecule has 1 saturated heterocycles. The van der Waals surface area contributed by atoms with Crippen LogP contribution < -0.4 is 10.6 Å². The third-order valence-electron chi connectivity index (χ3n) is 2.15. The van der Waals surface area contributed by atoms with Crippen LogP contribution >= 0.6 is 11.8 Å². The third kappa shape index (κ3) is 2.76. The Bertz CT molecular complexity index is 408. The molecule has 0 aliphatic carbocycles. The van der Waals surface area contributed by atoms with Gasteiger partial charge in [0.2, 0.25) is 11.8 Å². The molecule has 0 spiro atoms. The summed E-state index contributed by atoms with van der Waals surface area (Å²) >= 11 is 1.62. The fraction of sp³-hybridized carbons (Fsp3) is 0.273. The van der Waals surface area contributed by atoms with Gasteiger partial charge in [0.15, 0.2) is 0 Å². The van der Waals surface area contributed by atoms with Crippen molar-refractivity contribution in [2.24, 2.45) is 0 Å². The van der Waals surface area contributed by atoms with E-state index >= 15 is 0 Å². The van der Waals surface area contributed by atoms with Crippen LogP contribution in [-0.4, -0.2) is 17.2 Å². The Morgan fingerprint density at radius 3 is 2.56 bits per heavy atom. The number of nitrogens with one attached hydrogen (secondary N) is 2. The van der Waals surface area contributed by atoms with Gasteiger partial charge in [-0.3, -0.25) is 9.59 Å². The minimum absolute atomic E-state index is 0.0772. The van der Waals surface area contributed by atoms with Crippen LogP contribution in [0.4, 0.5) is 5.69 Å².